The molecule has 24 heavy (non-hydrogen) atoms. The van der Waals surface area contributed by atoms with Crippen LogP contribution in [-0.2, 0) is 6.54 Å². The Labute approximate surface area is 137 Å². The minimum absolute atomic E-state index is 0.206. The fraction of sp³-hybridized carbons (Fsp3) is 0.0625. The van der Waals surface area contributed by atoms with E-state index in [1.807, 2.05) is 6.07 Å². The predicted molar refractivity (Wildman–Crippen MR) is 89.2 cm³/mol. The molecule has 5 N–H and O–H groups in total. The molecule has 3 rings (SSSR count). The number of hydrogen-bond acceptors (Lipinski definition) is 7. The number of carbonyl (C=O) groups is 1. The molecule has 0 aliphatic carbocycles. The number of nitrogens with one attached hydrogen (secondary N) is 2. The van der Waals surface area contributed by atoms with Crippen LogP contribution < -0.4 is 16.4 Å². The lowest BCUT2D eigenvalue weighted by atomic mass is 10.2. The van der Waals surface area contributed by atoms with Crippen LogP contribution in [0, 0.1) is 0 Å². The van der Waals surface area contributed by atoms with Gasteiger partial charge in [0, 0.05) is 5.69 Å². The number of nitrogen functional groups attached to an aromatic ring is 1. The van der Waals surface area contributed by atoms with Crippen molar-refractivity contribution in [2.24, 2.45) is 0 Å². The first-order chi connectivity index (χ1) is 11.6. The Kier molecular flexibility index (Phi) is 4.28. The highest BCUT2D eigenvalue weighted by molar-refractivity contribution is 5.88. The van der Waals surface area contributed by atoms with Crippen molar-refractivity contribution in [1.29, 1.82) is 0 Å². The summed E-state index contributed by atoms with van der Waals surface area (Å²) in [7, 11) is 0. The van der Waals surface area contributed by atoms with E-state index in [2.05, 4.69) is 20.6 Å². The zero-order valence-electron chi connectivity index (χ0n) is 12.6. The van der Waals surface area contributed by atoms with Gasteiger partial charge in [0.15, 0.2) is 11.6 Å². The molecule has 0 atom stereocenters. The molecule has 0 saturated heterocycles. The molecule has 8 nitrogen and oxygen atoms in total. The molecule has 0 aliphatic rings. The highest BCUT2D eigenvalue weighted by Crippen LogP contribution is 2.26. The van der Waals surface area contributed by atoms with E-state index in [0.717, 1.165) is 5.76 Å². The van der Waals surface area contributed by atoms with Gasteiger partial charge in [0.25, 0.3) is 0 Å². The Morgan fingerprint density at radius 3 is 2.58 bits per heavy atom. The van der Waals surface area contributed by atoms with Gasteiger partial charge >= 0.3 is 5.97 Å². The van der Waals surface area contributed by atoms with Crippen molar-refractivity contribution in [3.63, 3.8) is 0 Å². The Balaban J connectivity index is 1.73. The Bertz CT molecular complexity index is 831. The summed E-state index contributed by atoms with van der Waals surface area (Å²) in [5.41, 5.74) is 7.30. The molecule has 0 spiro atoms. The molecule has 122 valence electrons. The quantitative estimate of drug-likeness (QED) is 0.545. The van der Waals surface area contributed by atoms with E-state index in [9.17, 15) is 4.79 Å². The Morgan fingerprint density at radius 1 is 1.17 bits per heavy atom. The van der Waals surface area contributed by atoms with Crippen LogP contribution in [0.15, 0.2) is 53.4 Å². The number of rotatable bonds is 6. The van der Waals surface area contributed by atoms with Crippen molar-refractivity contribution < 1.29 is 14.3 Å². The molecular weight excluding hydrogens is 310 g/mol. The lowest BCUT2D eigenvalue weighted by Crippen LogP contribution is -2.07. The second-order valence-corrected chi connectivity index (χ2v) is 4.92. The SMILES string of the molecule is Nc1c(NCc2ccco2)ncnc1Nc1ccc(C(=O)O)cc1. The second kappa shape index (κ2) is 6.69. The van der Waals surface area contributed by atoms with Crippen LogP contribution in [0.2, 0.25) is 0 Å². The zero-order chi connectivity index (χ0) is 16.9. The van der Waals surface area contributed by atoms with E-state index in [0.29, 0.717) is 29.6 Å². The van der Waals surface area contributed by atoms with Gasteiger partial charge in [-0.1, -0.05) is 0 Å². The number of hydrogen-bond donors (Lipinski definition) is 4. The molecule has 0 unspecified atom stereocenters. The molecule has 0 fully saturated rings. The summed E-state index contributed by atoms with van der Waals surface area (Å²) in [6, 6.07) is 9.92. The maximum absolute atomic E-state index is 10.9. The van der Waals surface area contributed by atoms with E-state index >= 15 is 0 Å². The molecule has 0 saturated carbocycles. The highest BCUT2D eigenvalue weighted by Gasteiger charge is 2.09. The molecule has 0 amide bonds. The van der Waals surface area contributed by atoms with Gasteiger partial charge in [-0.25, -0.2) is 14.8 Å². The number of nitrogens with zero attached hydrogens (tertiary/aromatic N) is 2. The Morgan fingerprint density at radius 2 is 1.92 bits per heavy atom. The molecular formula is C16H15N5O3. The highest BCUT2D eigenvalue weighted by atomic mass is 16.4. The number of anilines is 4. The van der Waals surface area contributed by atoms with Gasteiger partial charge in [0.2, 0.25) is 0 Å². The first kappa shape index (κ1) is 15.3. The minimum atomic E-state index is -0.979. The van der Waals surface area contributed by atoms with Crippen LogP contribution in [0.25, 0.3) is 0 Å². The fourth-order valence-corrected chi connectivity index (χ4v) is 2.05. The summed E-state index contributed by atoms with van der Waals surface area (Å²) in [5, 5.41) is 15.0. The smallest absolute Gasteiger partial charge is 0.335 e. The largest absolute Gasteiger partial charge is 0.478 e. The lowest BCUT2D eigenvalue weighted by Gasteiger charge is -2.12. The van der Waals surface area contributed by atoms with Gasteiger partial charge in [-0.05, 0) is 36.4 Å². The van der Waals surface area contributed by atoms with Gasteiger partial charge < -0.3 is 25.9 Å². The van der Waals surface area contributed by atoms with E-state index in [1.54, 1.807) is 24.5 Å². The summed E-state index contributed by atoms with van der Waals surface area (Å²) in [6.07, 6.45) is 2.98. The molecule has 2 heterocycles. The van der Waals surface area contributed by atoms with Crippen molar-refractivity contribution in [3.05, 3.63) is 60.3 Å². The van der Waals surface area contributed by atoms with Crippen molar-refractivity contribution in [2.75, 3.05) is 16.4 Å². The van der Waals surface area contributed by atoms with E-state index in [4.69, 9.17) is 15.3 Å². The number of nitrogens with two attached hydrogens (primary N) is 1. The normalized spacial score (nSPS) is 10.3. The maximum atomic E-state index is 10.9. The van der Waals surface area contributed by atoms with Crippen LogP contribution in [0.5, 0.6) is 0 Å². The standard InChI is InChI=1S/C16H15N5O3/c17-13-14(18-8-12-2-1-7-24-12)19-9-20-15(13)21-11-5-3-10(4-6-11)16(22)23/h1-7,9H,8,17H2,(H,22,23)(H2,18,19,20,21). The van der Waals surface area contributed by atoms with Crippen LogP contribution in [0.4, 0.5) is 23.0 Å². The molecule has 0 radical (unpaired) electrons. The topological polar surface area (TPSA) is 126 Å². The first-order valence-electron chi connectivity index (χ1n) is 7.10. The van der Waals surface area contributed by atoms with Gasteiger partial charge in [-0.2, -0.15) is 0 Å². The average molecular weight is 325 g/mol. The molecule has 2 aromatic heterocycles. The van der Waals surface area contributed by atoms with Crippen molar-refractivity contribution in [2.45, 2.75) is 6.54 Å². The summed E-state index contributed by atoms with van der Waals surface area (Å²) < 4.78 is 5.24. The number of aromatic carboxylic acids is 1. The minimum Gasteiger partial charge on any atom is -0.478 e. The Hall–Kier alpha value is -3.55. The number of aromatic nitrogens is 2. The van der Waals surface area contributed by atoms with Gasteiger partial charge in [-0.15, -0.1) is 0 Å². The van der Waals surface area contributed by atoms with Crippen molar-refractivity contribution in [3.8, 4) is 0 Å². The van der Waals surface area contributed by atoms with E-state index < -0.39 is 5.97 Å². The van der Waals surface area contributed by atoms with Crippen LogP contribution >= 0.6 is 0 Å². The summed E-state index contributed by atoms with van der Waals surface area (Å²) in [5.74, 6) is 0.681. The third kappa shape index (κ3) is 3.43. The van der Waals surface area contributed by atoms with Gasteiger partial charge in [0.1, 0.15) is 17.8 Å². The number of benzene rings is 1. The molecule has 8 heteroatoms. The molecule has 3 aromatic rings. The third-order valence-corrected chi connectivity index (χ3v) is 3.29. The monoisotopic (exact) mass is 325 g/mol. The number of furan rings is 1. The van der Waals surface area contributed by atoms with E-state index in [-0.39, 0.29) is 5.56 Å². The second-order valence-electron chi connectivity index (χ2n) is 4.92. The number of carboxylic acid groups (broad SMARTS) is 1. The van der Waals surface area contributed by atoms with Crippen molar-refractivity contribution >= 4 is 29.0 Å². The summed E-state index contributed by atoms with van der Waals surface area (Å²) >= 11 is 0. The summed E-state index contributed by atoms with van der Waals surface area (Å²) in [4.78, 5) is 19.1. The average Bonchev–Trinajstić information content (AvgIpc) is 3.09. The number of carboxylic acids is 1. The third-order valence-electron chi connectivity index (χ3n) is 3.29. The molecule has 0 aliphatic heterocycles. The van der Waals surface area contributed by atoms with Gasteiger partial charge in [0.05, 0.1) is 18.4 Å². The lowest BCUT2D eigenvalue weighted by molar-refractivity contribution is 0.0697. The molecule has 1 aromatic carbocycles. The van der Waals surface area contributed by atoms with Crippen molar-refractivity contribution in [1.82, 2.24) is 9.97 Å². The molecule has 0 bridgehead atoms. The van der Waals surface area contributed by atoms with Crippen LogP contribution in [0.1, 0.15) is 16.1 Å². The predicted octanol–water partition coefficient (Wildman–Crippen LogP) is 2.71. The van der Waals surface area contributed by atoms with Gasteiger partial charge in [-0.3, -0.25) is 0 Å². The fourth-order valence-electron chi connectivity index (χ4n) is 2.05. The van der Waals surface area contributed by atoms with E-state index in [1.165, 1.54) is 18.5 Å². The maximum Gasteiger partial charge on any atom is 0.335 e. The first-order valence-corrected chi connectivity index (χ1v) is 7.10. The van der Waals surface area contributed by atoms with Crippen LogP contribution in [-0.4, -0.2) is 21.0 Å². The van der Waals surface area contributed by atoms with Crippen LogP contribution in [0.3, 0.4) is 0 Å². The zero-order valence-corrected chi connectivity index (χ0v) is 12.6. The summed E-state index contributed by atoms with van der Waals surface area (Å²) in [6.45, 7) is 0.445.